The fourth-order valence-electron chi connectivity index (χ4n) is 4.43. The molecule has 0 aliphatic rings. The highest BCUT2D eigenvalue weighted by atomic mass is 16.5. The molecule has 2 amide bonds. The van der Waals surface area contributed by atoms with Crippen molar-refractivity contribution >= 4 is 11.8 Å². The zero-order valence-electron chi connectivity index (χ0n) is 22.2. The molecule has 0 N–H and O–H groups in total. The number of nitrogens with zero attached hydrogens (tertiary/aromatic N) is 3. The average molecular weight is 482 g/mol. The zero-order valence-corrected chi connectivity index (χ0v) is 22.2. The lowest BCUT2D eigenvalue weighted by atomic mass is 9.84. The van der Waals surface area contributed by atoms with Crippen LogP contribution in [0.3, 0.4) is 0 Å². The summed E-state index contributed by atoms with van der Waals surface area (Å²) in [5, 5.41) is 0. The maximum Gasteiger partial charge on any atom is 0.242 e. The molecule has 6 nitrogen and oxygen atoms in total. The number of methoxy groups -OCH3 is 1. The molecule has 6 heteroatoms. The van der Waals surface area contributed by atoms with E-state index in [-0.39, 0.29) is 29.7 Å². The van der Waals surface area contributed by atoms with E-state index in [1.165, 1.54) is 5.56 Å². The third-order valence-electron chi connectivity index (χ3n) is 5.90. The lowest BCUT2D eigenvalue weighted by Gasteiger charge is -2.29. The van der Waals surface area contributed by atoms with E-state index >= 15 is 0 Å². The molecule has 0 saturated carbocycles. The van der Waals surface area contributed by atoms with Gasteiger partial charge in [0.1, 0.15) is 6.54 Å². The minimum Gasteiger partial charge on any atom is -0.383 e. The number of hydrogen-bond acceptors (Lipinski definition) is 3. The Morgan fingerprint density at radius 1 is 1.09 bits per heavy atom. The molecule has 0 fully saturated rings. The van der Waals surface area contributed by atoms with Crippen LogP contribution in [0, 0.1) is 11.3 Å². The minimum absolute atomic E-state index is 0.00542. The number of hydrogen-bond donors (Lipinski definition) is 0. The van der Waals surface area contributed by atoms with Crippen LogP contribution >= 0.6 is 0 Å². The second-order valence-corrected chi connectivity index (χ2v) is 10.6. The number of aromatic nitrogens is 1. The number of carbonyl (C=O) groups is 2. The largest absolute Gasteiger partial charge is 0.383 e. The molecular weight excluding hydrogens is 438 g/mol. The van der Waals surface area contributed by atoms with E-state index in [0.717, 1.165) is 18.7 Å². The number of rotatable bonds is 14. The molecule has 1 aromatic carbocycles. The third kappa shape index (κ3) is 10.1. The molecule has 2 rings (SSSR count). The van der Waals surface area contributed by atoms with Crippen molar-refractivity contribution in [3.05, 3.63) is 72.6 Å². The van der Waals surface area contributed by atoms with Crippen molar-refractivity contribution in [2.75, 3.05) is 33.4 Å². The molecule has 0 aliphatic heterocycles. The van der Waals surface area contributed by atoms with Gasteiger partial charge in [0.05, 0.1) is 13.2 Å². The van der Waals surface area contributed by atoms with Gasteiger partial charge in [-0.2, -0.15) is 0 Å². The Hall–Kier alpha value is -2.86. The van der Waals surface area contributed by atoms with Crippen LogP contribution in [0.25, 0.3) is 0 Å². The van der Waals surface area contributed by atoms with E-state index in [1.54, 1.807) is 23.0 Å². The smallest absolute Gasteiger partial charge is 0.242 e. The standard InChI is InChI=1S/C29H43N3O3/c1-7-15-31(27(33)19-24(2)20-29(3,4)5)23-28(34)32(17-18-35-6)22-26-14-11-16-30(26)21-25-12-9-8-10-13-25/h7-14,16,24H,1,15,17-23H2,2-6H3. The lowest BCUT2D eigenvalue weighted by molar-refractivity contribution is -0.141. The fraction of sp³-hybridized carbons (Fsp3) is 0.517. The highest BCUT2D eigenvalue weighted by Gasteiger charge is 2.24. The summed E-state index contributed by atoms with van der Waals surface area (Å²) in [4.78, 5) is 29.8. The van der Waals surface area contributed by atoms with Crippen LogP contribution in [-0.2, 0) is 27.4 Å². The van der Waals surface area contributed by atoms with Crippen LogP contribution in [-0.4, -0.2) is 59.5 Å². The maximum atomic E-state index is 13.4. The molecule has 0 saturated heterocycles. The van der Waals surface area contributed by atoms with Crippen LogP contribution in [0.1, 0.15) is 51.8 Å². The maximum absolute atomic E-state index is 13.4. The van der Waals surface area contributed by atoms with Crippen molar-refractivity contribution in [3.8, 4) is 0 Å². The molecule has 192 valence electrons. The van der Waals surface area contributed by atoms with Gasteiger partial charge in [-0.1, -0.05) is 64.1 Å². The van der Waals surface area contributed by atoms with Crippen LogP contribution in [0.15, 0.2) is 61.3 Å². The van der Waals surface area contributed by atoms with E-state index in [1.807, 2.05) is 36.5 Å². The number of carbonyl (C=O) groups excluding carboxylic acids is 2. The predicted molar refractivity (Wildman–Crippen MR) is 142 cm³/mol. The van der Waals surface area contributed by atoms with Gasteiger partial charge in [-0.05, 0) is 35.4 Å². The summed E-state index contributed by atoms with van der Waals surface area (Å²) in [6, 6.07) is 14.3. The molecule has 2 aromatic rings. The van der Waals surface area contributed by atoms with Crippen LogP contribution in [0.5, 0.6) is 0 Å². The number of amides is 2. The van der Waals surface area contributed by atoms with Crippen molar-refractivity contribution in [2.45, 2.75) is 53.6 Å². The monoisotopic (exact) mass is 481 g/mol. The van der Waals surface area contributed by atoms with Crippen molar-refractivity contribution in [3.63, 3.8) is 0 Å². The van der Waals surface area contributed by atoms with E-state index in [4.69, 9.17) is 4.74 Å². The van der Waals surface area contributed by atoms with Gasteiger partial charge < -0.3 is 19.1 Å². The van der Waals surface area contributed by atoms with Crippen molar-refractivity contribution in [1.82, 2.24) is 14.4 Å². The molecule has 1 unspecified atom stereocenters. The van der Waals surface area contributed by atoms with Crippen LogP contribution in [0.4, 0.5) is 0 Å². The molecule has 0 spiro atoms. The Morgan fingerprint density at radius 2 is 1.80 bits per heavy atom. The van der Waals surface area contributed by atoms with Gasteiger partial charge >= 0.3 is 0 Å². The summed E-state index contributed by atoms with van der Waals surface area (Å²) in [6.07, 6.45) is 5.10. The topological polar surface area (TPSA) is 54.8 Å². The van der Waals surface area contributed by atoms with Gasteiger partial charge in [0, 0.05) is 45.1 Å². The van der Waals surface area contributed by atoms with E-state index in [0.29, 0.717) is 32.7 Å². The van der Waals surface area contributed by atoms with Gasteiger partial charge in [-0.3, -0.25) is 9.59 Å². The summed E-state index contributed by atoms with van der Waals surface area (Å²) in [5.74, 6) is 0.151. The van der Waals surface area contributed by atoms with Gasteiger partial charge in [0.15, 0.2) is 0 Å². The summed E-state index contributed by atoms with van der Waals surface area (Å²) in [6.45, 7) is 14.9. The Kier molecular flexibility index (Phi) is 11.3. The van der Waals surface area contributed by atoms with E-state index in [2.05, 4.69) is 51.0 Å². The quantitative estimate of drug-likeness (QED) is 0.357. The Bertz CT molecular complexity index is 930. The van der Waals surface area contributed by atoms with Gasteiger partial charge in [0.25, 0.3) is 0 Å². The summed E-state index contributed by atoms with van der Waals surface area (Å²) >= 11 is 0. The van der Waals surface area contributed by atoms with Crippen molar-refractivity contribution < 1.29 is 14.3 Å². The van der Waals surface area contributed by atoms with Gasteiger partial charge in [-0.25, -0.2) is 0 Å². The highest BCUT2D eigenvalue weighted by molar-refractivity contribution is 5.85. The number of benzene rings is 1. The molecule has 0 radical (unpaired) electrons. The first kappa shape index (κ1) is 28.4. The summed E-state index contributed by atoms with van der Waals surface area (Å²) in [7, 11) is 1.63. The normalized spacial score (nSPS) is 12.3. The Morgan fingerprint density at radius 3 is 2.43 bits per heavy atom. The molecule has 1 heterocycles. The third-order valence-corrected chi connectivity index (χ3v) is 5.90. The highest BCUT2D eigenvalue weighted by Crippen LogP contribution is 2.26. The van der Waals surface area contributed by atoms with Crippen molar-refractivity contribution in [1.29, 1.82) is 0 Å². The Labute approximate surface area is 211 Å². The molecule has 35 heavy (non-hydrogen) atoms. The van der Waals surface area contributed by atoms with E-state index in [9.17, 15) is 9.59 Å². The Balaban J connectivity index is 2.10. The zero-order chi connectivity index (χ0) is 25.8. The molecule has 1 aromatic heterocycles. The molecule has 0 aliphatic carbocycles. The van der Waals surface area contributed by atoms with Gasteiger partial charge in [-0.15, -0.1) is 6.58 Å². The predicted octanol–water partition coefficient (Wildman–Crippen LogP) is 4.99. The fourth-order valence-corrected chi connectivity index (χ4v) is 4.43. The first-order chi connectivity index (χ1) is 16.6. The van der Waals surface area contributed by atoms with Crippen molar-refractivity contribution in [2.24, 2.45) is 11.3 Å². The molecular formula is C29H43N3O3. The second kappa shape index (κ2) is 13.9. The first-order valence-corrected chi connectivity index (χ1v) is 12.5. The molecule has 0 bridgehead atoms. The molecule has 1 atom stereocenters. The number of ether oxygens (including phenoxy) is 1. The van der Waals surface area contributed by atoms with E-state index < -0.39 is 0 Å². The summed E-state index contributed by atoms with van der Waals surface area (Å²) in [5.41, 5.74) is 2.40. The van der Waals surface area contributed by atoms with Crippen LogP contribution in [0.2, 0.25) is 0 Å². The first-order valence-electron chi connectivity index (χ1n) is 12.5. The average Bonchev–Trinajstić information content (AvgIpc) is 3.21. The van der Waals surface area contributed by atoms with Gasteiger partial charge in [0.2, 0.25) is 11.8 Å². The lowest BCUT2D eigenvalue weighted by Crippen LogP contribution is -2.44. The SMILES string of the molecule is C=CCN(CC(=O)N(CCOC)Cc1cccn1Cc1ccccc1)C(=O)CC(C)CC(C)(C)C. The van der Waals surface area contributed by atoms with Crippen LogP contribution < -0.4 is 0 Å². The minimum atomic E-state index is -0.0896. The summed E-state index contributed by atoms with van der Waals surface area (Å²) < 4.78 is 7.43. The second-order valence-electron chi connectivity index (χ2n) is 10.6.